The number of rotatable bonds is 4. The summed E-state index contributed by atoms with van der Waals surface area (Å²) in [5.41, 5.74) is 13.0. The number of aromatic nitrogens is 1. The number of allylic oxidation sites excluding steroid dienone is 3. The highest BCUT2D eigenvalue weighted by Gasteiger charge is 2.29. The fraction of sp³-hybridized carbons (Fsp3) is 0.261. The lowest BCUT2D eigenvalue weighted by molar-refractivity contribution is 0.866. The molecule has 0 saturated heterocycles. The second-order valence-electron chi connectivity index (χ2n) is 6.77. The van der Waals surface area contributed by atoms with Gasteiger partial charge >= 0.3 is 0 Å². The molecule has 0 spiro atoms. The molecule has 2 N–H and O–H groups in total. The zero-order chi connectivity index (χ0) is 20.4. The topological polar surface area (TPSA) is 89.7 Å². The Morgan fingerprint density at radius 1 is 1.07 bits per heavy atom. The van der Waals surface area contributed by atoms with E-state index >= 15 is 0 Å². The first-order valence-corrected chi connectivity index (χ1v) is 9.35. The summed E-state index contributed by atoms with van der Waals surface area (Å²) >= 11 is 0. The number of anilines is 2. The Bertz CT molecular complexity index is 1070. The summed E-state index contributed by atoms with van der Waals surface area (Å²) in [6.07, 6.45) is 2.05. The molecule has 0 saturated carbocycles. The van der Waals surface area contributed by atoms with E-state index in [9.17, 15) is 10.5 Å². The van der Waals surface area contributed by atoms with Crippen molar-refractivity contribution in [1.29, 1.82) is 10.5 Å². The second kappa shape index (κ2) is 7.58. The SMILES string of the molecule is CCN(CC)c1ccc(C=C2C(C)=C(C#N)c3nc(N)c(C#N)c(C)c32)cc1. The van der Waals surface area contributed by atoms with Crippen molar-refractivity contribution < 1.29 is 0 Å². The van der Waals surface area contributed by atoms with Gasteiger partial charge in [0, 0.05) is 24.3 Å². The van der Waals surface area contributed by atoms with Gasteiger partial charge in [0.05, 0.1) is 16.8 Å². The van der Waals surface area contributed by atoms with Crippen LogP contribution in [0.15, 0.2) is 29.8 Å². The third kappa shape index (κ3) is 3.02. The minimum Gasteiger partial charge on any atom is -0.383 e. The highest BCUT2D eigenvalue weighted by atomic mass is 15.1. The van der Waals surface area contributed by atoms with Crippen LogP contribution in [0.3, 0.4) is 0 Å². The number of pyridine rings is 1. The molecule has 1 aromatic carbocycles. The van der Waals surface area contributed by atoms with Gasteiger partial charge in [-0.2, -0.15) is 10.5 Å². The van der Waals surface area contributed by atoms with Crippen molar-refractivity contribution in [1.82, 2.24) is 4.98 Å². The maximum Gasteiger partial charge on any atom is 0.142 e. The Kier molecular flexibility index (Phi) is 5.20. The van der Waals surface area contributed by atoms with Gasteiger partial charge in [-0.1, -0.05) is 12.1 Å². The van der Waals surface area contributed by atoms with Gasteiger partial charge in [0.15, 0.2) is 0 Å². The molecule has 0 amide bonds. The molecule has 0 aliphatic heterocycles. The van der Waals surface area contributed by atoms with E-state index in [1.165, 1.54) is 5.69 Å². The number of nitriles is 2. The second-order valence-corrected chi connectivity index (χ2v) is 6.77. The van der Waals surface area contributed by atoms with Crippen LogP contribution in [0.4, 0.5) is 11.5 Å². The molecule has 1 aromatic heterocycles. The van der Waals surface area contributed by atoms with Crippen molar-refractivity contribution in [3.05, 3.63) is 57.8 Å². The first kappa shape index (κ1) is 19.2. The molecule has 3 rings (SSSR count). The van der Waals surface area contributed by atoms with Crippen LogP contribution in [0, 0.1) is 29.6 Å². The summed E-state index contributed by atoms with van der Waals surface area (Å²) in [4.78, 5) is 6.66. The molecular formula is C23H23N5. The molecule has 0 atom stereocenters. The maximum atomic E-state index is 9.64. The lowest BCUT2D eigenvalue weighted by atomic mass is 9.95. The van der Waals surface area contributed by atoms with Crippen molar-refractivity contribution >= 4 is 28.7 Å². The molecule has 140 valence electrons. The van der Waals surface area contributed by atoms with Crippen LogP contribution in [-0.2, 0) is 0 Å². The van der Waals surface area contributed by atoms with Crippen LogP contribution in [0.1, 0.15) is 48.7 Å². The van der Waals surface area contributed by atoms with E-state index in [0.717, 1.165) is 40.9 Å². The van der Waals surface area contributed by atoms with Crippen molar-refractivity contribution in [3.8, 4) is 12.1 Å². The van der Waals surface area contributed by atoms with Gasteiger partial charge in [0.1, 0.15) is 18.0 Å². The minimum absolute atomic E-state index is 0.170. The van der Waals surface area contributed by atoms with Crippen LogP contribution in [-0.4, -0.2) is 18.1 Å². The van der Waals surface area contributed by atoms with Crippen LogP contribution >= 0.6 is 0 Å². The third-order valence-electron chi connectivity index (χ3n) is 5.32. The zero-order valence-corrected chi connectivity index (χ0v) is 16.7. The van der Waals surface area contributed by atoms with Crippen molar-refractivity contribution in [2.75, 3.05) is 23.7 Å². The van der Waals surface area contributed by atoms with Gasteiger partial charge < -0.3 is 10.6 Å². The highest BCUT2D eigenvalue weighted by molar-refractivity contribution is 6.08. The predicted molar refractivity (Wildman–Crippen MR) is 114 cm³/mol. The highest BCUT2D eigenvalue weighted by Crippen LogP contribution is 2.44. The molecule has 1 aliphatic carbocycles. The van der Waals surface area contributed by atoms with Crippen molar-refractivity contribution in [2.24, 2.45) is 0 Å². The molecule has 1 heterocycles. The smallest absolute Gasteiger partial charge is 0.142 e. The quantitative estimate of drug-likeness (QED) is 0.854. The van der Waals surface area contributed by atoms with E-state index < -0.39 is 0 Å². The number of hydrogen-bond donors (Lipinski definition) is 1. The largest absolute Gasteiger partial charge is 0.383 e. The van der Waals surface area contributed by atoms with E-state index in [1.807, 2.05) is 13.8 Å². The summed E-state index contributed by atoms with van der Waals surface area (Å²) in [6.45, 7) is 9.97. The van der Waals surface area contributed by atoms with Gasteiger partial charge in [-0.3, -0.25) is 0 Å². The van der Waals surface area contributed by atoms with Crippen LogP contribution < -0.4 is 10.6 Å². The van der Waals surface area contributed by atoms with Crippen LogP contribution in [0.25, 0.3) is 17.2 Å². The predicted octanol–water partition coefficient (Wildman–Crippen LogP) is 4.54. The van der Waals surface area contributed by atoms with E-state index in [-0.39, 0.29) is 5.82 Å². The summed E-state index contributed by atoms with van der Waals surface area (Å²) in [7, 11) is 0. The van der Waals surface area contributed by atoms with Crippen LogP contribution in [0.5, 0.6) is 0 Å². The van der Waals surface area contributed by atoms with Gasteiger partial charge in [0.2, 0.25) is 0 Å². The number of benzene rings is 1. The number of fused-ring (bicyclic) bond motifs is 1. The summed E-state index contributed by atoms with van der Waals surface area (Å²) in [5, 5.41) is 19.1. The lowest BCUT2D eigenvalue weighted by Crippen LogP contribution is -2.21. The van der Waals surface area contributed by atoms with Gasteiger partial charge in [-0.25, -0.2) is 4.98 Å². The molecule has 0 fully saturated rings. The first-order valence-electron chi connectivity index (χ1n) is 9.35. The normalized spacial score (nSPS) is 14.0. The average molecular weight is 369 g/mol. The Labute approximate surface area is 166 Å². The van der Waals surface area contributed by atoms with Gasteiger partial charge in [-0.05, 0) is 68.2 Å². The standard InChI is InChI=1S/C23H23N5/c1-5-28(6-2)17-9-7-16(8-10-17)11-18-14(3)19(12-24)22-21(18)15(4)20(13-25)23(26)27-22/h7-11H,5-6H2,1-4H3,(H2,26,27). The van der Waals surface area contributed by atoms with E-state index in [1.54, 1.807) is 0 Å². The Morgan fingerprint density at radius 2 is 1.71 bits per heavy atom. The Morgan fingerprint density at radius 3 is 2.25 bits per heavy atom. The molecule has 0 radical (unpaired) electrons. The minimum atomic E-state index is 0.170. The van der Waals surface area contributed by atoms with E-state index in [2.05, 4.69) is 66.2 Å². The number of nitrogens with zero attached hydrogens (tertiary/aromatic N) is 4. The summed E-state index contributed by atoms with van der Waals surface area (Å²) in [5.74, 6) is 0.170. The maximum absolute atomic E-state index is 9.64. The molecule has 0 unspecified atom stereocenters. The van der Waals surface area contributed by atoms with Gasteiger partial charge in [0.25, 0.3) is 0 Å². The summed E-state index contributed by atoms with van der Waals surface area (Å²) in [6, 6.07) is 12.7. The molecule has 5 heteroatoms. The van der Waals surface area contributed by atoms with Gasteiger partial charge in [-0.15, -0.1) is 0 Å². The Hall–Kier alpha value is -3.57. The molecular weight excluding hydrogens is 346 g/mol. The summed E-state index contributed by atoms with van der Waals surface area (Å²) < 4.78 is 0. The fourth-order valence-corrected chi connectivity index (χ4v) is 3.73. The molecule has 1 aliphatic rings. The molecule has 28 heavy (non-hydrogen) atoms. The third-order valence-corrected chi connectivity index (χ3v) is 5.32. The number of nitrogen functional groups attached to an aromatic ring is 1. The zero-order valence-electron chi connectivity index (χ0n) is 16.7. The lowest BCUT2D eigenvalue weighted by Gasteiger charge is -2.21. The van der Waals surface area contributed by atoms with E-state index in [4.69, 9.17) is 5.73 Å². The van der Waals surface area contributed by atoms with Crippen molar-refractivity contribution in [3.63, 3.8) is 0 Å². The fourth-order valence-electron chi connectivity index (χ4n) is 3.73. The number of nitrogens with two attached hydrogens (primary N) is 1. The average Bonchev–Trinajstić information content (AvgIpc) is 2.95. The first-order chi connectivity index (χ1) is 13.5. The monoisotopic (exact) mass is 369 g/mol. The molecule has 2 aromatic rings. The Balaban J connectivity index is 2.15. The van der Waals surface area contributed by atoms with E-state index in [0.29, 0.717) is 16.8 Å². The number of hydrogen-bond acceptors (Lipinski definition) is 5. The van der Waals surface area contributed by atoms with Crippen LogP contribution in [0.2, 0.25) is 0 Å². The molecule has 0 bridgehead atoms. The van der Waals surface area contributed by atoms with Crippen molar-refractivity contribution in [2.45, 2.75) is 27.7 Å². The molecule has 5 nitrogen and oxygen atoms in total.